The molecule has 1 fully saturated rings. The van der Waals surface area contributed by atoms with Crippen molar-refractivity contribution in [1.82, 2.24) is 15.1 Å². The SMILES string of the molecule is CC(C)CNCC1(Cc2nn(C)c3ccccc23)CCC1. The van der Waals surface area contributed by atoms with Crippen LogP contribution in [0, 0.1) is 11.3 Å². The van der Waals surface area contributed by atoms with Gasteiger partial charge in [-0.3, -0.25) is 4.68 Å². The summed E-state index contributed by atoms with van der Waals surface area (Å²) < 4.78 is 2.03. The van der Waals surface area contributed by atoms with E-state index >= 15 is 0 Å². The van der Waals surface area contributed by atoms with Crippen LogP contribution in [0.3, 0.4) is 0 Å². The normalized spacial score (nSPS) is 17.3. The van der Waals surface area contributed by atoms with E-state index in [1.807, 2.05) is 4.68 Å². The van der Waals surface area contributed by atoms with Crippen LogP contribution < -0.4 is 5.32 Å². The Hall–Kier alpha value is -1.35. The van der Waals surface area contributed by atoms with Crippen LogP contribution >= 0.6 is 0 Å². The van der Waals surface area contributed by atoms with Crippen LogP contribution in [0.5, 0.6) is 0 Å². The van der Waals surface area contributed by atoms with E-state index in [4.69, 9.17) is 5.10 Å². The van der Waals surface area contributed by atoms with Gasteiger partial charge >= 0.3 is 0 Å². The van der Waals surface area contributed by atoms with Gasteiger partial charge in [-0.25, -0.2) is 0 Å². The quantitative estimate of drug-likeness (QED) is 0.880. The van der Waals surface area contributed by atoms with Crippen LogP contribution in [0.2, 0.25) is 0 Å². The Morgan fingerprint density at radius 1 is 1.29 bits per heavy atom. The third-order valence-electron chi connectivity index (χ3n) is 4.84. The number of fused-ring (bicyclic) bond motifs is 1. The number of para-hydroxylation sites is 1. The van der Waals surface area contributed by atoms with E-state index in [1.54, 1.807) is 0 Å². The van der Waals surface area contributed by atoms with Gasteiger partial charge in [-0.15, -0.1) is 0 Å². The Morgan fingerprint density at radius 3 is 2.71 bits per heavy atom. The average Bonchev–Trinajstić information content (AvgIpc) is 2.73. The molecule has 1 saturated carbocycles. The summed E-state index contributed by atoms with van der Waals surface area (Å²) in [5.74, 6) is 0.720. The van der Waals surface area contributed by atoms with Crippen LogP contribution in [0.4, 0.5) is 0 Å². The summed E-state index contributed by atoms with van der Waals surface area (Å²) in [5, 5.41) is 9.79. The molecule has 1 aliphatic rings. The summed E-state index contributed by atoms with van der Waals surface area (Å²) in [6.07, 6.45) is 5.15. The number of hydrogen-bond acceptors (Lipinski definition) is 2. The lowest BCUT2D eigenvalue weighted by Crippen LogP contribution is -2.42. The Morgan fingerprint density at radius 2 is 2.05 bits per heavy atom. The smallest absolute Gasteiger partial charge is 0.0709 e. The number of hydrogen-bond donors (Lipinski definition) is 1. The molecule has 1 heterocycles. The number of benzene rings is 1. The van der Waals surface area contributed by atoms with Crippen molar-refractivity contribution in [3.05, 3.63) is 30.0 Å². The third kappa shape index (κ3) is 2.98. The lowest BCUT2D eigenvalue weighted by Gasteiger charge is -2.42. The minimum Gasteiger partial charge on any atom is -0.316 e. The first-order chi connectivity index (χ1) is 10.1. The largest absolute Gasteiger partial charge is 0.316 e. The third-order valence-corrected chi connectivity index (χ3v) is 4.84. The van der Waals surface area contributed by atoms with Crippen molar-refractivity contribution in [2.24, 2.45) is 18.4 Å². The Bertz CT molecular complexity index is 608. The minimum atomic E-state index is 0.437. The Kier molecular flexibility index (Phi) is 4.03. The molecule has 1 aromatic heterocycles. The number of nitrogens with one attached hydrogen (secondary N) is 1. The van der Waals surface area contributed by atoms with Gasteiger partial charge in [0, 0.05) is 19.0 Å². The highest BCUT2D eigenvalue weighted by Crippen LogP contribution is 2.43. The summed E-state index contributed by atoms with van der Waals surface area (Å²) in [5.41, 5.74) is 2.96. The standard InChI is InChI=1S/C18H27N3/c1-14(2)12-19-13-18(9-6-10-18)11-16-15-7-4-5-8-17(15)21(3)20-16/h4-5,7-8,14,19H,6,9-13H2,1-3H3. The summed E-state index contributed by atoms with van der Waals surface area (Å²) in [4.78, 5) is 0. The molecular weight excluding hydrogens is 258 g/mol. The fourth-order valence-electron chi connectivity index (χ4n) is 3.49. The van der Waals surface area contributed by atoms with Crippen LogP contribution in [0.1, 0.15) is 38.8 Å². The molecule has 0 atom stereocenters. The zero-order chi connectivity index (χ0) is 14.9. The molecule has 0 amide bonds. The molecule has 0 unspecified atom stereocenters. The zero-order valence-corrected chi connectivity index (χ0v) is 13.5. The van der Waals surface area contributed by atoms with Crippen LogP contribution in [-0.2, 0) is 13.5 Å². The monoisotopic (exact) mass is 285 g/mol. The zero-order valence-electron chi connectivity index (χ0n) is 13.5. The highest BCUT2D eigenvalue weighted by molar-refractivity contribution is 5.81. The number of aromatic nitrogens is 2. The lowest BCUT2D eigenvalue weighted by molar-refractivity contribution is 0.127. The molecule has 1 N–H and O–H groups in total. The van der Waals surface area contributed by atoms with Crippen molar-refractivity contribution >= 4 is 10.9 Å². The second kappa shape index (κ2) is 5.80. The highest BCUT2D eigenvalue weighted by atomic mass is 15.3. The van der Waals surface area contributed by atoms with Gasteiger partial charge in [0.05, 0.1) is 11.2 Å². The highest BCUT2D eigenvalue weighted by Gasteiger charge is 2.37. The van der Waals surface area contributed by atoms with Gasteiger partial charge in [0.25, 0.3) is 0 Å². The van der Waals surface area contributed by atoms with Crippen molar-refractivity contribution in [1.29, 1.82) is 0 Å². The van der Waals surface area contributed by atoms with Crippen molar-refractivity contribution in [2.75, 3.05) is 13.1 Å². The number of nitrogens with zero attached hydrogens (tertiary/aromatic N) is 2. The second-order valence-corrected chi connectivity index (χ2v) is 7.14. The molecule has 1 aromatic carbocycles. The maximum atomic E-state index is 4.79. The van der Waals surface area contributed by atoms with E-state index in [0.29, 0.717) is 5.41 Å². The van der Waals surface area contributed by atoms with Gasteiger partial charge < -0.3 is 5.32 Å². The Labute approximate surface area is 127 Å². The van der Waals surface area contributed by atoms with Gasteiger partial charge in [-0.2, -0.15) is 5.10 Å². The molecule has 1 aliphatic carbocycles. The molecule has 0 saturated heterocycles. The topological polar surface area (TPSA) is 29.9 Å². The molecular formula is C18H27N3. The number of rotatable bonds is 6. The molecule has 0 spiro atoms. The first kappa shape index (κ1) is 14.6. The second-order valence-electron chi connectivity index (χ2n) is 7.14. The van der Waals surface area contributed by atoms with E-state index in [-0.39, 0.29) is 0 Å². The fourth-order valence-corrected chi connectivity index (χ4v) is 3.49. The van der Waals surface area contributed by atoms with Gasteiger partial charge in [0.15, 0.2) is 0 Å². The van der Waals surface area contributed by atoms with E-state index in [2.05, 4.69) is 50.5 Å². The number of aryl methyl sites for hydroxylation is 1. The first-order valence-electron chi connectivity index (χ1n) is 8.21. The van der Waals surface area contributed by atoms with Crippen molar-refractivity contribution in [2.45, 2.75) is 39.5 Å². The summed E-state index contributed by atoms with van der Waals surface area (Å²) in [6, 6.07) is 8.59. The van der Waals surface area contributed by atoms with Gasteiger partial charge in [0.2, 0.25) is 0 Å². The van der Waals surface area contributed by atoms with Crippen LogP contribution in [0.15, 0.2) is 24.3 Å². The van der Waals surface area contributed by atoms with Crippen molar-refractivity contribution in [3.63, 3.8) is 0 Å². The van der Waals surface area contributed by atoms with E-state index in [9.17, 15) is 0 Å². The average molecular weight is 285 g/mol. The molecule has 3 rings (SSSR count). The van der Waals surface area contributed by atoms with Gasteiger partial charge in [-0.05, 0) is 43.2 Å². The summed E-state index contributed by atoms with van der Waals surface area (Å²) in [7, 11) is 2.05. The molecule has 114 valence electrons. The van der Waals surface area contributed by atoms with Crippen LogP contribution in [-0.4, -0.2) is 22.9 Å². The molecule has 0 radical (unpaired) electrons. The first-order valence-corrected chi connectivity index (χ1v) is 8.21. The Balaban J connectivity index is 1.76. The molecule has 3 nitrogen and oxygen atoms in total. The van der Waals surface area contributed by atoms with Gasteiger partial charge in [-0.1, -0.05) is 38.5 Å². The minimum absolute atomic E-state index is 0.437. The fraction of sp³-hybridized carbons (Fsp3) is 0.611. The molecule has 0 aliphatic heterocycles. The van der Waals surface area contributed by atoms with Gasteiger partial charge in [0.1, 0.15) is 0 Å². The van der Waals surface area contributed by atoms with E-state index < -0.39 is 0 Å². The summed E-state index contributed by atoms with van der Waals surface area (Å²) in [6.45, 7) is 6.79. The maximum Gasteiger partial charge on any atom is 0.0709 e. The molecule has 0 bridgehead atoms. The maximum absolute atomic E-state index is 4.79. The van der Waals surface area contributed by atoms with Crippen LogP contribution in [0.25, 0.3) is 10.9 Å². The predicted molar refractivity (Wildman–Crippen MR) is 88.4 cm³/mol. The predicted octanol–water partition coefficient (Wildman–Crippen LogP) is 3.53. The van der Waals surface area contributed by atoms with E-state index in [0.717, 1.165) is 25.4 Å². The van der Waals surface area contributed by atoms with Crippen molar-refractivity contribution in [3.8, 4) is 0 Å². The summed E-state index contributed by atoms with van der Waals surface area (Å²) >= 11 is 0. The molecule has 3 heteroatoms. The van der Waals surface area contributed by atoms with E-state index in [1.165, 1.54) is 35.9 Å². The lowest BCUT2D eigenvalue weighted by atomic mass is 9.66. The molecule has 2 aromatic rings. The van der Waals surface area contributed by atoms with Crippen molar-refractivity contribution < 1.29 is 0 Å². The molecule has 21 heavy (non-hydrogen) atoms.